The standard InChI is InChI=1S/C14H21N3O/c1-2-4-13-12(3-1)14(17-10-16-13)15-7-5-11-6-8-18-9-11/h10-11H,1-9H2,(H,15,16,17). The average Bonchev–Trinajstić information content (AvgIpc) is 2.92. The van der Waals surface area contributed by atoms with Crippen LogP contribution in [0.4, 0.5) is 5.82 Å². The van der Waals surface area contributed by atoms with Gasteiger partial charge in [0.15, 0.2) is 0 Å². The number of nitrogens with zero attached hydrogens (tertiary/aromatic N) is 2. The fraction of sp³-hybridized carbons (Fsp3) is 0.714. The molecule has 1 aliphatic carbocycles. The second-order valence-electron chi connectivity index (χ2n) is 5.30. The van der Waals surface area contributed by atoms with E-state index in [4.69, 9.17) is 4.74 Å². The quantitative estimate of drug-likeness (QED) is 0.886. The second kappa shape index (κ2) is 5.65. The van der Waals surface area contributed by atoms with Crippen LogP contribution in [-0.4, -0.2) is 29.7 Å². The highest BCUT2D eigenvalue weighted by molar-refractivity contribution is 5.46. The maximum Gasteiger partial charge on any atom is 0.132 e. The monoisotopic (exact) mass is 247 g/mol. The maximum atomic E-state index is 5.40. The molecule has 98 valence electrons. The number of fused-ring (bicyclic) bond motifs is 1. The zero-order valence-corrected chi connectivity index (χ0v) is 10.8. The van der Waals surface area contributed by atoms with E-state index in [0.717, 1.165) is 44.3 Å². The van der Waals surface area contributed by atoms with E-state index in [1.165, 1.54) is 36.9 Å². The number of aryl methyl sites for hydroxylation is 1. The van der Waals surface area contributed by atoms with Crippen LogP contribution in [0.1, 0.15) is 36.9 Å². The summed E-state index contributed by atoms with van der Waals surface area (Å²) in [5.41, 5.74) is 2.61. The van der Waals surface area contributed by atoms with Crippen LogP contribution in [0.25, 0.3) is 0 Å². The van der Waals surface area contributed by atoms with Crippen molar-refractivity contribution in [1.29, 1.82) is 0 Å². The summed E-state index contributed by atoms with van der Waals surface area (Å²) in [5.74, 6) is 1.80. The molecule has 0 aromatic carbocycles. The molecule has 1 aliphatic heterocycles. The zero-order valence-electron chi connectivity index (χ0n) is 10.8. The van der Waals surface area contributed by atoms with Gasteiger partial charge in [0.2, 0.25) is 0 Å². The minimum Gasteiger partial charge on any atom is -0.381 e. The van der Waals surface area contributed by atoms with Gasteiger partial charge >= 0.3 is 0 Å². The predicted octanol–water partition coefficient (Wildman–Crippen LogP) is 2.19. The molecular formula is C14H21N3O. The molecule has 1 N–H and O–H groups in total. The summed E-state index contributed by atoms with van der Waals surface area (Å²) in [6.45, 7) is 2.87. The molecule has 1 unspecified atom stereocenters. The third-order valence-corrected chi connectivity index (χ3v) is 3.99. The summed E-state index contributed by atoms with van der Waals surface area (Å²) < 4.78 is 5.40. The molecule has 1 aromatic rings. The van der Waals surface area contributed by atoms with E-state index in [-0.39, 0.29) is 0 Å². The first-order chi connectivity index (χ1) is 8.93. The van der Waals surface area contributed by atoms with E-state index < -0.39 is 0 Å². The van der Waals surface area contributed by atoms with Crippen molar-refractivity contribution in [2.75, 3.05) is 25.1 Å². The molecule has 2 heterocycles. The molecule has 0 spiro atoms. The van der Waals surface area contributed by atoms with Crippen molar-refractivity contribution in [1.82, 2.24) is 9.97 Å². The third-order valence-electron chi connectivity index (χ3n) is 3.99. The Kier molecular flexibility index (Phi) is 3.74. The molecular weight excluding hydrogens is 226 g/mol. The molecule has 4 nitrogen and oxygen atoms in total. The van der Waals surface area contributed by atoms with E-state index in [1.807, 2.05) is 0 Å². The first-order valence-corrected chi connectivity index (χ1v) is 7.08. The van der Waals surface area contributed by atoms with Gasteiger partial charge in [-0.25, -0.2) is 9.97 Å². The summed E-state index contributed by atoms with van der Waals surface area (Å²) in [6.07, 6.45) is 8.87. The van der Waals surface area contributed by atoms with Crippen molar-refractivity contribution in [2.45, 2.75) is 38.5 Å². The first-order valence-electron chi connectivity index (χ1n) is 7.08. The molecule has 0 radical (unpaired) electrons. The lowest BCUT2D eigenvalue weighted by Gasteiger charge is -2.18. The minimum absolute atomic E-state index is 0.732. The minimum atomic E-state index is 0.732. The van der Waals surface area contributed by atoms with Crippen molar-refractivity contribution in [3.05, 3.63) is 17.6 Å². The van der Waals surface area contributed by atoms with Gasteiger partial charge in [-0.1, -0.05) is 0 Å². The average molecular weight is 247 g/mol. The normalized spacial score (nSPS) is 22.8. The number of rotatable bonds is 4. The Morgan fingerprint density at radius 3 is 3.11 bits per heavy atom. The summed E-state index contributed by atoms with van der Waals surface area (Å²) in [7, 11) is 0. The van der Waals surface area contributed by atoms with Crippen LogP contribution in [0.3, 0.4) is 0 Å². The van der Waals surface area contributed by atoms with Gasteiger partial charge in [0.25, 0.3) is 0 Å². The van der Waals surface area contributed by atoms with Crippen molar-refractivity contribution >= 4 is 5.82 Å². The fourth-order valence-electron chi connectivity index (χ4n) is 2.88. The molecule has 18 heavy (non-hydrogen) atoms. The number of ether oxygens (including phenoxy) is 1. The Morgan fingerprint density at radius 2 is 2.22 bits per heavy atom. The lowest BCUT2D eigenvalue weighted by atomic mass is 9.96. The topological polar surface area (TPSA) is 47.0 Å². The van der Waals surface area contributed by atoms with Crippen molar-refractivity contribution in [2.24, 2.45) is 5.92 Å². The van der Waals surface area contributed by atoms with Crippen LogP contribution in [0.15, 0.2) is 6.33 Å². The Labute approximate surface area is 108 Å². The highest BCUT2D eigenvalue weighted by Gasteiger charge is 2.17. The van der Waals surface area contributed by atoms with Crippen LogP contribution < -0.4 is 5.32 Å². The highest BCUT2D eigenvalue weighted by Crippen LogP contribution is 2.24. The van der Waals surface area contributed by atoms with E-state index in [1.54, 1.807) is 6.33 Å². The van der Waals surface area contributed by atoms with E-state index in [9.17, 15) is 0 Å². The SMILES string of the molecule is c1nc2c(c(NCCC3CCOC3)n1)CCCC2. The van der Waals surface area contributed by atoms with Crippen molar-refractivity contribution in [3.8, 4) is 0 Å². The van der Waals surface area contributed by atoms with E-state index in [2.05, 4.69) is 15.3 Å². The van der Waals surface area contributed by atoms with Gasteiger partial charge in [0.1, 0.15) is 12.1 Å². The number of hydrogen-bond acceptors (Lipinski definition) is 4. The molecule has 1 atom stereocenters. The van der Waals surface area contributed by atoms with Gasteiger partial charge in [-0.05, 0) is 44.4 Å². The molecule has 1 fully saturated rings. The predicted molar refractivity (Wildman–Crippen MR) is 70.7 cm³/mol. The molecule has 0 amide bonds. The van der Waals surface area contributed by atoms with Crippen LogP contribution in [0.5, 0.6) is 0 Å². The smallest absolute Gasteiger partial charge is 0.132 e. The van der Waals surface area contributed by atoms with Gasteiger partial charge in [-0.3, -0.25) is 0 Å². The van der Waals surface area contributed by atoms with E-state index in [0.29, 0.717) is 0 Å². The zero-order chi connectivity index (χ0) is 12.2. The summed E-state index contributed by atoms with van der Waals surface area (Å²) >= 11 is 0. The third kappa shape index (κ3) is 2.64. The van der Waals surface area contributed by atoms with Crippen molar-refractivity contribution in [3.63, 3.8) is 0 Å². The van der Waals surface area contributed by atoms with Gasteiger partial charge in [-0.2, -0.15) is 0 Å². The second-order valence-corrected chi connectivity index (χ2v) is 5.30. The molecule has 0 saturated carbocycles. The van der Waals surface area contributed by atoms with Crippen LogP contribution in [0.2, 0.25) is 0 Å². The highest BCUT2D eigenvalue weighted by atomic mass is 16.5. The maximum absolute atomic E-state index is 5.40. The number of nitrogens with one attached hydrogen (secondary N) is 1. The first kappa shape index (κ1) is 11.9. The van der Waals surface area contributed by atoms with Gasteiger partial charge < -0.3 is 10.1 Å². The summed E-state index contributed by atoms with van der Waals surface area (Å²) in [6, 6.07) is 0. The molecule has 3 rings (SSSR count). The molecule has 4 heteroatoms. The Bertz CT molecular complexity index is 402. The molecule has 1 saturated heterocycles. The fourth-order valence-corrected chi connectivity index (χ4v) is 2.88. The number of hydrogen-bond donors (Lipinski definition) is 1. The Balaban J connectivity index is 1.58. The Hall–Kier alpha value is -1.16. The lowest BCUT2D eigenvalue weighted by molar-refractivity contribution is 0.185. The van der Waals surface area contributed by atoms with Gasteiger partial charge in [0, 0.05) is 31.0 Å². The Morgan fingerprint density at radius 1 is 1.28 bits per heavy atom. The van der Waals surface area contributed by atoms with Gasteiger partial charge in [0.05, 0.1) is 0 Å². The van der Waals surface area contributed by atoms with Gasteiger partial charge in [-0.15, -0.1) is 0 Å². The van der Waals surface area contributed by atoms with E-state index >= 15 is 0 Å². The van der Waals surface area contributed by atoms with Crippen LogP contribution >= 0.6 is 0 Å². The lowest BCUT2D eigenvalue weighted by Crippen LogP contribution is -2.14. The van der Waals surface area contributed by atoms with Crippen molar-refractivity contribution < 1.29 is 4.74 Å². The summed E-state index contributed by atoms with van der Waals surface area (Å²) in [5, 5.41) is 3.49. The number of anilines is 1. The van der Waals surface area contributed by atoms with Crippen LogP contribution in [-0.2, 0) is 17.6 Å². The molecule has 0 bridgehead atoms. The number of aromatic nitrogens is 2. The summed E-state index contributed by atoms with van der Waals surface area (Å²) in [4.78, 5) is 8.80. The molecule has 2 aliphatic rings. The van der Waals surface area contributed by atoms with Crippen LogP contribution in [0, 0.1) is 5.92 Å². The largest absolute Gasteiger partial charge is 0.381 e. The molecule has 1 aromatic heterocycles.